The topological polar surface area (TPSA) is 72.2 Å². The summed E-state index contributed by atoms with van der Waals surface area (Å²) in [5.41, 5.74) is 0.198. The molecule has 1 saturated carbocycles. The third kappa shape index (κ3) is 4.61. The molecule has 1 atom stereocenters. The summed E-state index contributed by atoms with van der Waals surface area (Å²) in [4.78, 5) is 22.5. The first-order valence-electron chi connectivity index (χ1n) is 7.37. The molecule has 0 aromatic heterocycles. The molecule has 1 amide bonds. The van der Waals surface area contributed by atoms with E-state index < -0.39 is 4.92 Å². The summed E-state index contributed by atoms with van der Waals surface area (Å²) in [5, 5.41) is 14.1. The molecule has 0 heterocycles. The summed E-state index contributed by atoms with van der Waals surface area (Å²) >= 11 is 7.67. The molecule has 1 aromatic rings. The van der Waals surface area contributed by atoms with E-state index in [2.05, 4.69) is 5.32 Å². The van der Waals surface area contributed by atoms with E-state index in [0.717, 1.165) is 12.8 Å². The van der Waals surface area contributed by atoms with Crippen molar-refractivity contribution < 1.29 is 9.72 Å². The van der Waals surface area contributed by atoms with Gasteiger partial charge in [0.2, 0.25) is 5.91 Å². The summed E-state index contributed by atoms with van der Waals surface area (Å²) in [6, 6.07) is 4.03. The Kier molecular flexibility index (Phi) is 6.08. The quantitative estimate of drug-likeness (QED) is 0.625. The highest BCUT2D eigenvalue weighted by atomic mass is 35.5. The summed E-state index contributed by atoms with van der Waals surface area (Å²) in [6.07, 6.45) is 6.03. The van der Waals surface area contributed by atoms with Crippen LogP contribution >= 0.6 is 23.4 Å². The van der Waals surface area contributed by atoms with Crippen molar-refractivity contribution in [1.82, 2.24) is 0 Å². The zero-order valence-electron chi connectivity index (χ0n) is 12.4. The molecule has 22 heavy (non-hydrogen) atoms. The highest BCUT2D eigenvalue weighted by molar-refractivity contribution is 8.01. The van der Waals surface area contributed by atoms with Crippen molar-refractivity contribution in [1.29, 1.82) is 0 Å². The van der Waals surface area contributed by atoms with Gasteiger partial charge in [-0.05, 0) is 25.8 Å². The second kappa shape index (κ2) is 7.83. The first kappa shape index (κ1) is 17.1. The minimum absolute atomic E-state index is 0.0905. The molecule has 120 valence electrons. The molecular weight excluding hydrogens is 324 g/mol. The van der Waals surface area contributed by atoms with E-state index in [1.165, 1.54) is 37.5 Å². The maximum absolute atomic E-state index is 12.3. The van der Waals surface area contributed by atoms with Crippen LogP contribution in [0, 0.1) is 10.1 Å². The Hall–Kier alpha value is -1.27. The number of thioether (sulfide) groups is 1. The molecule has 0 aliphatic heterocycles. The first-order chi connectivity index (χ1) is 10.5. The molecule has 1 aliphatic carbocycles. The predicted molar refractivity (Wildman–Crippen MR) is 90.7 cm³/mol. The molecule has 0 saturated heterocycles. The van der Waals surface area contributed by atoms with E-state index in [9.17, 15) is 14.9 Å². The number of amides is 1. The summed E-state index contributed by atoms with van der Waals surface area (Å²) < 4.78 is 0. The number of nitrogens with one attached hydrogen (secondary N) is 1. The molecule has 1 aliphatic rings. The zero-order valence-corrected chi connectivity index (χ0v) is 14.0. The van der Waals surface area contributed by atoms with Crippen molar-refractivity contribution in [3.63, 3.8) is 0 Å². The molecule has 1 N–H and O–H groups in total. The lowest BCUT2D eigenvalue weighted by Gasteiger charge is -2.24. The number of rotatable bonds is 5. The number of nitro benzene ring substituents is 1. The lowest BCUT2D eigenvalue weighted by atomic mass is 10.0. The average molecular weight is 343 g/mol. The number of benzene rings is 1. The van der Waals surface area contributed by atoms with Gasteiger partial charge in [0.25, 0.3) is 5.69 Å². The van der Waals surface area contributed by atoms with Crippen LogP contribution in [0.25, 0.3) is 0 Å². The molecule has 7 heteroatoms. The smallest absolute Gasteiger partial charge is 0.271 e. The van der Waals surface area contributed by atoms with E-state index in [-0.39, 0.29) is 22.5 Å². The number of non-ortho nitro benzene ring substituents is 1. The molecule has 1 fully saturated rings. The van der Waals surface area contributed by atoms with Gasteiger partial charge >= 0.3 is 0 Å². The molecule has 0 spiro atoms. The lowest BCUT2D eigenvalue weighted by Crippen LogP contribution is -2.25. The number of nitro groups is 1. The molecule has 1 aromatic carbocycles. The number of halogens is 1. The van der Waals surface area contributed by atoms with Crippen molar-refractivity contribution >= 4 is 40.6 Å². The largest absolute Gasteiger partial charge is 0.324 e. The highest BCUT2D eigenvalue weighted by Gasteiger charge is 2.22. The maximum atomic E-state index is 12.3. The highest BCUT2D eigenvalue weighted by Crippen LogP contribution is 2.32. The Morgan fingerprint density at radius 1 is 1.41 bits per heavy atom. The van der Waals surface area contributed by atoms with Gasteiger partial charge in [0, 0.05) is 17.4 Å². The summed E-state index contributed by atoms with van der Waals surface area (Å²) in [5.74, 6) is -0.169. The standard InChI is InChI=1S/C15H19ClN2O3S/c1-10(22-12-5-3-2-4-6-12)15(19)17-14-9-11(18(20)21)7-8-13(14)16/h7-10,12H,2-6H2,1H3,(H,17,19)/t10-/m0/s1. The lowest BCUT2D eigenvalue weighted by molar-refractivity contribution is -0.384. The summed E-state index contributed by atoms with van der Waals surface area (Å²) in [7, 11) is 0. The Bertz CT molecular complexity index is 562. The fourth-order valence-corrected chi connectivity index (χ4v) is 4.04. The van der Waals surface area contributed by atoms with Crippen molar-refractivity contribution in [2.45, 2.75) is 49.5 Å². The van der Waals surface area contributed by atoms with Crippen LogP contribution in [0.3, 0.4) is 0 Å². The number of carbonyl (C=O) groups is 1. The minimum atomic E-state index is -0.508. The number of carbonyl (C=O) groups excluding carboxylic acids is 1. The minimum Gasteiger partial charge on any atom is -0.324 e. The number of hydrogen-bond acceptors (Lipinski definition) is 4. The number of anilines is 1. The number of hydrogen-bond donors (Lipinski definition) is 1. The molecule has 0 radical (unpaired) electrons. The first-order valence-corrected chi connectivity index (χ1v) is 8.69. The monoisotopic (exact) mass is 342 g/mol. The summed E-state index contributed by atoms with van der Waals surface area (Å²) in [6.45, 7) is 1.86. The van der Waals surface area contributed by atoms with Crippen molar-refractivity contribution in [2.75, 3.05) is 5.32 Å². The Morgan fingerprint density at radius 2 is 2.09 bits per heavy atom. The fraction of sp³-hybridized carbons (Fsp3) is 0.533. The predicted octanol–water partition coefficient (Wildman–Crippen LogP) is 4.64. The van der Waals surface area contributed by atoms with Crippen molar-refractivity contribution in [3.05, 3.63) is 33.3 Å². The van der Waals surface area contributed by atoms with Crippen LogP contribution < -0.4 is 5.32 Å². The van der Waals surface area contributed by atoms with Gasteiger partial charge in [-0.25, -0.2) is 0 Å². The molecule has 0 unspecified atom stereocenters. The Labute approximate surface area is 139 Å². The van der Waals surface area contributed by atoms with Gasteiger partial charge < -0.3 is 5.32 Å². The van der Waals surface area contributed by atoms with Crippen molar-refractivity contribution in [2.24, 2.45) is 0 Å². The van der Waals surface area contributed by atoms with Crippen LogP contribution in [0.1, 0.15) is 39.0 Å². The van der Waals surface area contributed by atoms with E-state index >= 15 is 0 Å². The van der Waals surface area contributed by atoms with E-state index in [1.54, 1.807) is 11.8 Å². The van der Waals surface area contributed by atoms with Crippen LogP contribution in [0.5, 0.6) is 0 Å². The van der Waals surface area contributed by atoms with Crippen LogP contribution in [0.15, 0.2) is 18.2 Å². The van der Waals surface area contributed by atoms with Gasteiger partial charge in [-0.3, -0.25) is 14.9 Å². The molecule has 0 bridgehead atoms. The maximum Gasteiger partial charge on any atom is 0.271 e. The molecular formula is C15H19ClN2O3S. The van der Waals surface area contributed by atoms with Gasteiger partial charge in [-0.1, -0.05) is 30.9 Å². The average Bonchev–Trinajstić information content (AvgIpc) is 2.50. The normalized spacial score (nSPS) is 17.0. The van der Waals surface area contributed by atoms with E-state index in [1.807, 2.05) is 6.92 Å². The van der Waals surface area contributed by atoms with Crippen LogP contribution in [0.2, 0.25) is 5.02 Å². The van der Waals surface area contributed by atoms with E-state index in [0.29, 0.717) is 10.3 Å². The van der Waals surface area contributed by atoms with Crippen molar-refractivity contribution in [3.8, 4) is 0 Å². The molecule has 2 rings (SSSR count). The SMILES string of the molecule is C[C@H](SC1CCCCC1)C(=O)Nc1cc([N+](=O)[O-])ccc1Cl. The van der Waals surface area contributed by atoms with Gasteiger partial charge in [-0.2, -0.15) is 0 Å². The second-order valence-corrected chi connectivity index (χ2v) is 7.50. The van der Waals surface area contributed by atoms with Crippen LogP contribution in [-0.2, 0) is 4.79 Å². The van der Waals surface area contributed by atoms with Crippen LogP contribution in [-0.4, -0.2) is 21.3 Å². The van der Waals surface area contributed by atoms with Gasteiger partial charge in [0.15, 0.2) is 0 Å². The number of nitrogens with zero attached hydrogens (tertiary/aromatic N) is 1. The fourth-order valence-electron chi connectivity index (χ4n) is 2.51. The zero-order chi connectivity index (χ0) is 16.1. The second-order valence-electron chi connectivity index (χ2n) is 5.45. The Balaban J connectivity index is 1.98. The van der Waals surface area contributed by atoms with E-state index in [4.69, 9.17) is 11.6 Å². The molecule has 5 nitrogen and oxygen atoms in total. The third-order valence-electron chi connectivity index (χ3n) is 3.74. The van der Waals surface area contributed by atoms with Gasteiger partial charge in [0.05, 0.1) is 20.9 Å². The third-order valence-corrected chi connectivity index (χ3v) is 5.54. The van der Waals surface area contributed by atoms with Gasteiger partial charge in [0.1, 0.15) is 0 Å². The van der Waals surface area contributed by atoms with Crippen LogP contribution in [0.4, 0.5) is 11.4 Å². The van der Waals surface area contributed by atoms with Gasteiger partial charge in [-0.15, -0.1) is 11.8 Å². The Morgan fingerprint density at radius 3 is 2.73 bits per heavy atom.